The van der Waals surface area contributed by atoms with E-state index in [1.54, 1.807) is 6.20 Å². The van der Waals surface area contributed by atoms with E-state index in [0.29, 0.717) is 22.1 Å². The number of aryl methyl sites for hydroxylation is 1. The van der Waals surface area contributed by atoms with Crippen LogP contribution in [0.25, 0.3) is 22.2 Å². The van der Waals surface area contributed by atoms with Gasteiger partial charge in [-0.1, -0.05) is 23.9 Å². The molecule has 0 saturated carbocycles. The van der Waals surface area contributed by atoms with Crippen molar-refractivity contribution < 1.29 is 0 Å². The molecule has 21 heavy (non-hydrogen) atoms. The molecule has 3 rings (SSSR count). The monoisotopic (exact) mass is 295 g/mol. The number of nitrogen functional groups attached to an aromatic ring is 1. The minimum Gasteiger partial charge on any atom is -0.397 e. The maximum atomic E-state index is 9.31. The number of nitriles is 1. The van der Waals surface area contributed by atoms with Crippen molar-refractivity contribution in [1.82, 2.24) is 14.5 Å². The molecule has 3 aromatic rings. The van der Waals surface area contributed by atoms with Crippen molar-refractivity contribution in [1.29, 1.82) is 5.26 Å². The summed E-state index contributed by atoms with van der Waals surface area (Å²) in [6.07, 6.45) is 5.43. The fraction of sp³-hybridized carbons (Fsp3) is 0.133. The average Bonchev–Trinajstić information content (AvgIpc) is 2.85. The number of hydrogen-bond acceptors (Lipinski definition) is 5. The Balaban J connectivity index is 2.36. The molecule has 1 aromatic carbocycles. The third-order valence-corrected chi connectivity index (χ3v) is 3.92. The third kappa shape index (κ3) is 2.12. The number of aromatic nitrogens is 3. The Morgan fingerprint density at radius 1 is 1.38 bits per heavy atom. The molecular weight excluding hydrogens is 282 g/mol. The molecule has 0 atom stereocenters. The van der Waals surface area contributed by atoms with E-state index in [-0.39, 0.29) is 0 Å². The lowest BCUT2D eigenvalue weighted by Gasteiger charge is -2.04. The smallest absolute Gasteiger partial charge is 0.187 e. The quantitative estimate of drug-likeness (QED) is 0.446. The second-order valence-corrected chi connectivity index (χ2v) is 5.40. The van der Waals surface area contributed by atoms with Gasteiger partial charge in [-0.15, -0.1) is 0 Å². The van der Waals surface area contributed by atoms with E-state index in [0.717, 1.165) is 16.5 Å². The van der Waals surface area contributed by atoms with Crippen LogP contribution in [0.1, 0.15) is 5.56 Å². The predicted octanol–water partition coefficient (Wildman–Crippen LogP) is 2.81. The summed E-state index contributed by atoms with van der Waals surface area (Å²) in [6, 6.07) is 7.92. The Bertz CT molecular complexity index is 876. The van der Waals surface area contributed by atoms with Crippen LogP contribution in [0, 0.1) is 11.3 Å². The number of para-hydroxylation sites is 1. The van der Waals surface area contributed by atoms with Crippen LogP contribution < -0.4 is 5.73 Å². The topological polar surface area (TPSA) is 80.5 Å². The predicted molar refractivity (Wildman–Crippen MR) is 84.9 cm³/mol. The molecule has 0 aliphatic carbocycles. The van der Waals surface area contributed by atoms with Gasteiger partial charge in [0.25, 0.3) is 0 Å². The van der Waals surface area contributed by atoms with Crippen LogP contribution in [0.4, 0.5) is 5.69 Å². The van der Waals surface area contributed by atoms with Gasteiger partial charge in [0.1, 0.15) is 6.07 Å². The summed E-state index contributed by atoms with van der Waals surface area (Å²) in [6.45, 7) is 0. The molecule has 2 N–H and O–H groups in total. The van der Waals surface area contributed by atoms with Gasteiger partial charge >= 0.3 is 0 Å². The molecular formula is C15H13N5S. The number of rotatable bonds is 2. The normalized spacial score (nSPS) is 10.7. The van der Waals surface area contributed by atoms with Crippen molar-refractivity contribution >= 4 is 28.4 Å². The van der Waals surface area contributed by atoms with Gasteiger partial charge in [0.15, 0.2) is 5.16 Å². The fourth-order valence-corrected chi connectivity index (χ4v) is 2.78. The third-order valence-electron chi connectivity index (χ3n) is 3.36. The van der Waals surface area contributed by atoms with Crippen molar-refractivity contribution in [3.05, 3.63) is 36.2 Å². The van der Waals surface area contributed by atoms with Crippen molar-refractivity contribution in [2.75, 3.05) is 12.0 Å². The highest BCUT2D eigenvalue weighted by atomic mass is 32.2. The number of thioether (sulfide) groups is 1. The van der Waals surface area contributed by atoms with Crippen LogP contribution in [-0.2, 0) is 7.05 Å². The molecule has 0 bridgehead atoms. The largest absolute Gasteiger partial charge is 0.397 e. The number of anilines is 1. The number of hydrogen-bond donors (Lipinski definition) is 1. The Kier molecular flexibility index (Phi) is 3.28. The van der Waals surface area contributed by atoms with Gasteiger partial charge in [0, 0.05) is 30.4 Å². The fourth-order valence-electron chi connectivity index (χ4n) is 2.44. The van der Waals surface area contributed by atoms with E-state index in [1.165, 1.54) is 11.8 Å². The van der Waals surface area contributed by atoms with Crippen molar-refractivity contribution in [3.8, 4) is 17.3 Å². The van der Waals surface area contributed by atoms with Gasteiger partial charge in [-0.2, -0.15) is 5.26 Å². The minimum absolute atomic E-state index is 0.461. The highest BCUT2D eigenvalue weighted by Gasteiger charge is 2.16. The first-order chi connectivity index (χ1) is 10.2. The lowest BCUT2D eigenvalue weighted by Crippen LogP contribution is -1.94. The molecule has 0 saturated heterocycles. The molecule has 0 spiro atoms. The van der Waals surface area contributed by atoms with Crippen LogP contribution in [-0.4, -0.2) is 20.8 Å². The van der Waals surface area contributed by atoms with E-state index < -0.39 is 0 Å². The first-order valence-corrected chi connectivity index (χ1v) is 7.53. The van der Waals surface area contributed by atoms with Crippen molar-refractivity contribution in [2.45, 2.75) is 5.16 Å². The Hall–Kier alpha value is -2.52. The van der Waals surface area contributed by atoms with Gasteiger partial charge < -0.3 is 10.3 Å². The zero-order chi connectivity index (χ0) is 15.0. The van der Waals surface area contributed by atoms with Crippen LogP contribution in [0.2, 0.25) is 0 Å². The number of nitrogens with zero attached hydrogens (tertiary/aromatic N) is 4. The first-order valence-electron chi connectivity index (χ1n) is 6.30. The second-order valence-electron chi connectivity index (χ2n) is 4.63. The molecule has 5 nitrogen and oxygen atoms in total. The van der Waals surface area contributed by atoms with Gasteiger partial charge in [0.2, 0.25) is 0 Å². The van der Waals surface area contributed by atoms with Crippen molar-refractivity contribution in [3.63, 3.8) is 0 Å². The molecule has 0 amide bonds. The summed E-state index contributed by atoms with van der Waals surface area (Å²) >= 11 is 1.45. The SMILES string of the molecule is CSc1ncc(C#N)c(-c2cn(C)c3c(N)cccc23)n1. The summed E-state index contributed by atoms with van der Waals surface area (Å²) in [4.78, 5) is 8.66. The van der Waals surface area contributed by atoms with E-state index in [9.17, 15) is 5.26 Å². The zero-order valence-corrected chi connectivity index (χ0v) is 12.5. The summed E-state index contributed by atoms with van der Waals surface area (Å²) in [5, 5.41) is 10.9. The van der Waals surface area contributed by atoms with Crippen LogP contribution in [0.5, 0.6) is 0 Å². The average molecular weight is 295 g/mol. The standard InChI is InChI=1S/C15H13N5S/c1-20-8-11(10-4-3-5-12(17)14(10)20)13-9(6-16)7-18-15(19-13)21-2/h3-5,7-8H,17H2,1-2H3. The number of fused-ring (bicyclic) bond motifs is 1. The maximum Gasteiger partial charge on any atom is 0.187 e. The van der Waals surface area contributed by atoms with Crippen molar-refractivity contribution in [2.24, 2.45) is 7.05 Å². The van der Waals surface area contributed by atoms with Gasteiger partial charge in [-0.25, -0.2) is 9.97 Å². The summed E-state index contributed by atoms with van der Waals surface area (Å²) in [7, 11) is 1.94. The molecule has 0 unspecified atom stereocenters. The van der Waals surface area contributed by atoms with Gasteiger partial charge in [0.05, 0.1) is 22.5 Å². The number of benzene rings is 1. The Morgan fingerprint density at radius 3 is 2.90 bits per heavy atom. The second kappa shape index (κ2) is 5.11. The summed E-state index contributed by atoms with van der Waals surface area (Å²) in [5.41, 5.74) is 9.71. The molecule has 0 aliphatic heterocycles. The molecule has 104 valence electrons. The molecule has 2 aromatic heterocycles. The van der Waals surface area contributed by atoms with Gasteiger partial charge in [-0.3, -0.25) is 0 Å². The minimum atomic E-state index is 0.461. The molecule has 0 radical (unpaired) electrons. The lowest BCUT2D eigenvalue weighted by molar-refractivity contribution is 0.956. The highest BCUT2D eigenvalue weighted by molar-refractivity contribution is 7.98. The molecule has 0 aliphatic rings. The van der Waals surface area contributed by atoms with Crippen LogP contribution >= 0.6 is 11.8 Å². The van der Waals surface area contributed by atoms with E-state index in [2.05, 4.69) is 16.0 Å². The molecule has 2 heterocycles. The molecule has 0 fully saturated rings. The maximum absolute atomic E-state index is 9.31. The Labute approximate surface area is 126 Å². The van der Waals surface area contributed by atoms with E-state index in [1.807, 2.05) is 42.3 Å². The summed E-state index contributed by atoms with van der Waals surface area (Å²) < 4.78 is 1.96. The summed E-state index contributed by atoms with van der Waals surface area (Å²) in [5.74, 6) is 0. The van der Waals surface area contributed by atoms with E-state index in [4.69, 9.17) is 5.73 Å². The van der Waals surface area contributed by atoms with Crippen LogP contribution in [0.15, 0.2) is 35.7 Å². The van der Waals surface area contributed by atoms with Crippen LogP contribution in [0.3, 0.4) is 0 Å². The zero-order valence-electron chi connectivity index (χ0n) is 11.7. The Morgan fingerprint density at radius 2 is 2.19 bits per heavy atom. The first kappa shape index (κ1) is 13.5. The van der Waals surface area contributed by atoms with Gasteiger partial charge in [-0.05, 0) is 12.3 Å². The van der Waals surface area contributed by atoms with E-state index >= 15 is 0 Å². The number of nitrogens with two attached hydrogens (primary N) is 1. The molecule has 6 heteroatoms. The lowest BCUT2D eigenvalue weighted by atomic mass is 10.1. The highest BCUT2D eigenvalue weighted by Crippen LogP contribution is 2.33.